The van der Waals surface area contributed by atoms with Crippen LogP contribution in [0.4, 0.5) is 0 Å². The Kier molecular flexibility index (Phi) is 144. The van der Waals surface area contributed by atoms with E-state index in [1.807, 2.05) is 0 Å². The summed E-state index contributed by atoms with van der Waals surface area (Å²) in [5.41, 5.74) is -5.95. The predicted octanol–water partition coefficient (Wildman–Crippen LogP) is -8.57. The zero-order valence-corrected chi connectivity index (χ0v) is 26.7. The van der Waals surface area contributed by atoms with E-state index in [-0.39, 0.29) is 135 Å². The number of hydrogen-bond acceptors (Lipinski definition) is 26. The molecule has 0 saturated heterocycles. The van der Waals surface area contributed by atoms with E-state index in [4.69, 9.17) is 10.2 Å². The Morgan fingerprint density at radius 3 is 0.512 bits per heavy atom. The van der Waals surface area contributed by atoms with E-state index < -0.39 is 72.7 Å². The molecular weight excluding hydrogens is 855 g/mol. The van der Waals surface area contributed by atoms with Gasteiger partial charge in [0.2, 0.25) is 0 Å². The third-order valence-electron chi connectivity index (χ3n) is 2.51. The molecule has 0 aliphatic heterocycles. The van der Waals surface area contributed by atoms with Crippen LogP contribution in [0.5, 0.6) is 0 Å². The average Bonchev–Trinajstić information content (AvgIpc) is 2.34. The second-order valence-electron chi connectivity index (χ2n) is 4.83. The molecule has 0 saturated carbocycles. The first kappa shape index (κ1) is 116. The Morgan fingerprint density at radius 2 is 0.463 bits per heavy atom. The molecule has 0 unspecified atom stereocenters. The van der Waals surface area contributed by atoms with Gasteiger partial charge in [-0.05, 0) is 0 Å². The van der Waals surface area contributed by atoms with E-state index in [0.29, 0.717) is 0 Å². The molecule has 0 aliphatic carbocycles. The number of carbonyl (C=O) groups is 6. The minimum Gasteiger partial charge on any atom is -0.550 e. The maximum absolute atomic E-state index is 10.1. The number of rotatable bonds is 10. The first-order chi connectivity index (χ1) is 11.6. The predicted molar refractivity (Wildman–Crippen MR) is 119 cm³/mol. The van der Waals surface area contributed by atoms with Crippen molar-refractivity contribution in [1.29, 1.82) is 0 Å². The number of carbonyl (C=O) groups excluding carboxylic acids is 6. The van der Waals surface area contributed by atoms with Crippen LogP contribution < -0.4 is 104 Å². The van der Waals surface area contributed by atoms with Crippen molar-refractivity contribution in [1.82, 2.24) is 73.8 Å². The Balaban J connectivity index is -0.0000000137. The zero-order valence-electron chi connectivity index (χ0n) is 22.1. The van der Waals surface area contributed by atoms with Crippen molar-refractivity contribution < 1.29 is 131 Å². The zero-order chi connectivity index (χ0) is 21.3. The summed E-state index contributed by atoms with van der Waals surface area (Å²) < 4.78 is 0. The maximum atomic E-state index is 10.1. The van der Waals surface area contributed by atoms with E-state index in [1.54, 1.807) is 0 Å². The van der Waals surface area contributed by atoms with E-state index in [9.17, 15) is 59.4 Å². The summed E-state index contributed by atoms with van der Waals surface area (Å²) in [4.78, 5) is 60.0. The molecule has 0 aromatic rings. The topological polar surface area (TPSA) is 701 Å². The third-order valence-corrected chi connectivity index (χ3v) is 2.51. The summed E-state index contributed by atoms with van der Waals surface area (Å²) in [6, 6.07) is 0. The summed E-state index contributed by atoms with van der Waals surface area (Å²) in [5.74, 6) is -12.0. The van der Waals surface area contributed by atoms with Crippen molar-refractivity contribution in [2.45, 2.75) is 36.9 Å². The van der Waals surface area contributed by atoms with Crippen LogP contribution in [0, 0.1) is 0 Å². The number of aliphatic hydroxyl groups is 2. The summed E-state index contributed by atoms with van der Waals surface area (Å²) in [6.07, 6.45) is -5.43. The fourth-order valence-electron chi connectivity index (χ4n) is 1.37. The fourth-order valence-corrected chi connectivity index (χ4v) is 1.37. The van der Waals surface area contributed by atoms with Gasteiger partial charge in [-0.3, -0.25) is 0 Å². The van der Waals surface area contributed by atoms with Gasteiger partial charge in [0.15, 0.2) is 0 Å². The molecule has 268 valence electrons. The van der Waals surface area contributed by atoms with Crippen LogP contribution in [0.3, 0.4) is 0 Å². The van der Waals surface area contributed by atoms with Gasteiger partial charge in [-0.2, -0.15) is 0 Å². The van der Waals surface area contributed by atoms with Crippen LogP contribution in [0.2, 0.25) is 0 Å². The van der Waals surface area contributed by atoms with E-state index in [0.717, 1.165) is 0 Å². The Labute approximate surface area is 276 Å². The Hall–Kier alpha value is -1.75. The van der Waals surface area contributed by atoms with Crippen molar-refractivity contribution in [2.75, 3.05) is 0 Å². The summed E-state index contributed by atoms with van der Waals surface area (Å²) in [6.45, 7) is 0. The summed E-state index contributed by atoms with van der Waals surface area (Å²) >= 11 is 0. The van der Waals surface area contributed by atoms with Crippen molar-refractivity contribution in [3.8, 4) is 0 Å². The summed E-state index contributed by atoms with van der Waals surface area (Å²) in [5, 5.41) is 77.9. The molecule has 0 bridgehead atoms. The van der Waals surface area contributed by atoms with Crippen LogP contribution in [0.1, 0.15) is 25.7 Å². The molecule has 41 heavy (non-hydrogen) atoms. The van der Waals surface area contributed by atoms with Crippen LogP contribution in [-0.2, 0) is 90.0 Å². The van der Waals surface area contributed by atoms with Gasteiger partial charge in [-0.15, -0.1) is 0 Å². The first-order valence-electron chi connectivity index (χ1n) is 6.23. The molecule has 0 spiro atoms. The van der Waals surface area contributed by atoms with Crippen molar-refractivity contribution >= 4 is 35.8 Å². The van der Waals surface area contributed by atoms with Crippen molar-refractivity contribution in [3.63, 3.8) is 0 Å². The van der Waals surface area contributed by atoms with Gasteiger partial charge < -0.3 is 143 Å². The smallest absolute Gasteiger partial charge is 0.550 e. The van der Waals surface area contributed by atoms with Gasteiger partial charge in [0.1, 0.15) is 11.2 Å². The van der Waals surface area contributed by atoms with Gasteiger partial charge in [-0.25, -0.2) is 0 Å². The number of aliphatic carboxylic acids is 6. The van der Waals surface area contributed by atoms with Crippen LogP contribution >= 0.6 is 0 Å². The number of hydrogen-bond donors (Lipinski definition) is 14. The molecule has 0 atom stereocenters. The van der Waals surface area contributed by atoms with Gasteiger partial charge >= 0.3 is 61.3 Å². The second-order valence-corrected chi connectivity index (χ2v) is 4.83. The quantitative estimate of drug-likeness (QED) is 0.0905. The monoisotopic (exact) mass is 900 g/mol. The normalized spacial score (nSPS) is 6.88. The molecule has 0 aliphatic rings. The molecule has 0 rings (SSSR count). The maximum Gasteiger partial charge on any atom is 2.00 e. The second kappa shape index (κ2) is 51.0. The van der Waals surface area contributed by atoms with E-state index in [2.05, 4.69) is 0 Å². The standard InChI is InChI=1S/2C6H8O7.12H3N.3Pd/c2*7-3(8)1-6(13,5(11)12)2-4(9)10;;;;;;;;;;;;;;;/h2*13H,1-2H2,(H,7,8)(H,9,10)(H,11,12);12*1H3;;;/q;;;;;;;;;;;;;;3*+2/p-6. The molecule has 0 heterocycles. The van der Waals surface area contributed by atoms with Crippen LogP contribution in [0.25, 0.3) is 0 Å². The largest absolute Gasteiger partial charge is 2.00 e. The molecule has 0 radical (unpaired) electrons. The van der Waals surface area contributed by atoms with E-state index >= 15 is 0 Å². The molecule has 29 heteroatoms. The van der Waals surface area contributed by atoms with Crippen LogP contribution in [-0.4, -0.2) is 57.2 Å². The van der Waals surface area contributed by atoms with Crippen molar-refractivity contribution in [2.24, 2.45) is 0 Å². The third kappa shape index (κ3) is 54.9. The molecule has 26 nitrogen and oxygen atoms in total. The molecule has 0 amide bonds. The SMILES string of the molecule is N.N.N.N.N.N.N.N.N.N.N.N.O=C([O-])CC(O)(CC(=O)[O-])C(=O)[O-].O=C([O-])CC(O)(CC(=O)[O-])C(=O)[O-].[Pd+2].[Pd+2].[Pd+2]. The average molecular weight is 902 g/mol. The fraction of sp³-hybridized carbons (Fsp3) is 0.500. The van der Waals surface area contributed by atoms with Gasteiger partial charge in [0, 0.05) is 49.6 Å². The van der Waals surface area contributed by atoms with Gasteiger partial charge in [0.05, 0.1) is 11.9 Å². The summed E-state index contributed by atoms with van der Waals surface area (Å²) in [7, 11) is 0. The van der Waals surface area contributed by atoms with Gasteiger partial charge in [-0.1, -0.05) is 0 Å². The number of carboxylic acids is 6. The van der Waals surface area contributed by atoms with Crippen LogP contribution in [0.15, 0.2) is 0 Å². The minimum absolute atomic E-state index is 0. The molecule has 0 aromatic heterocycles. The Bertz CT molecular complexity index is 556. The minimum atomic E-state index is -2.97. The first-order valence-corrected chi connectivity index (χ1v) is 6.23. The molecule has 0 fully saturated rings. The van der Waals surface area contributed by atoms with Gasteiger partial charge in [0.25, 0.3) is 0 Å². The number of carboxylic acid groups (broad SMARTS) is 6. The Morgan fingerprint density at radius 1 is 0.366 bits per heavy atom. The van der Waals surface area contributed by atoms with Crippen molar-refractivity contribution in [3.05, 3.63) is 0 Å². The molecule has 38 N–H and O–H groups in total. The van der Waals surface area contributed by atoms with E-state index in [1.165, 1.54) is 0 Å². The molecular formula is C12H46N12O14Pd3. The molecule has 0 aromatic carbocycles.